The SMILES string of the molecule is Cc1ccc(NC(=O)CNC(=O)[C@@H]2Cc3ccccc3CN2)cc1.Cl. The molecule has 3 N–H and O–H groups in total. The Hall–Kier alpha value is -2.37. The van der Waals surface area contributed by atoms with E-state index in [9.17, 15) is 9.59 Å². The van der Waals surface area contributed by atoms with Crippen molar-refractivity contribution in [3.63, 3.8) is 0 Å². The molecule has 0 bridgehead atoms. The molecule has 2 aromatic rings. The Balaban J connectivity index is 0.00000225. The first-order valence-corrected chi connectivity index (χ1v) is 8.06. The smallest absolute Gasteiger partial charge is 0.243 e. The molecule has 0 spiro atoms. The summed E-state index contributed by atoms with van der Waals surface area (Å²) in [6.07, 6.45) is 0.640. The lowest BCUT2D eigenvalue weighted by atomic mass is 9.95. The minimum atomic E-state index is -0.299. The molecule has 0 unspecified atom stereocenters. The Morgan fingerprint density at radius 3 is 2.48 bits per heavy atom. The van der Waals surface area contributed by atoms with Crippen molar-refractivity contribution in [3.05, 3.63) is 65.2 Å². The third-order valence-electron chi connectivity index (χ3n) is 4.16. The molecule has 2 aromatic carbocycles. The van der Waals surface area contributed by atoms with Crippen LogP contribution in [0.3, 0.4) is 0 Å². The highest BCUT2D eigenvalue weighted by atomic mass is 35.5. The van der Waals surface area contributed by atoms with Gasteiger partial charge in [0.1, 0.15) is 0 Å². The predicted octanol–water partition coefficient (Wildman–Crippen LogP) is 2.19. The molecule has 5 nitrogen and oxygen atoms in total. The summed E-state index contributed by atoms with van der Waals surface area (Å²) in [5.74, 6) is -0.382. The second-order valence-electron chi connectivity index (χ2n) is 6.04. The van der Waals surface area contributed by atoms with Gasteiger partial charge in [-0.3, -0.25) is 9.59 Å². The van der Waals surface area contributed by atoms with Crippen molar-refractivity contribution >= 4 is 29.9 Å². The Kier molecular flexibility index (Phi) is 6.56. The fraction of sp³-hybridized carbons (Fsp3) is 0.263. The molecule has 6 heteroatoms. The molecule has 0 aliphatic carbocycles. The standard InChI is InChI=1S/C19H21N3O2.ClH/c1-13-6-8-16(9-7-13)22-18(23)12-21-19(24)17-10-14-4-2-3-5-15(14)11-20-17;/h2-9,17,20H,10-12H2,1H3,(H,21,24)(H,22,23);1H/t17-;/m0./s1. The number of nitrogens with one attached hydrogen (secondary N) is 3. The fourth-order valence-electron chi connectivity index (χ4n) is 2.77. The average molecular weight is 360 g/mol. The Bertz CT molecular complexity index is 747. The molecule has 1 aliphatic rings. The van der Waals surface area contributed by atoms with E-state index in [1.54, 1.807) is 0 Å². The van der Waals surface area contributed by atoms with E-state index in [0.29, 0.717) is 13.0 Å². The summed E-state index contributed by atoms with van der Waals surface area (Å²) in [7, 11) is 0. The number of hydrogen-bond acceptors (Lipinski definition) is 3. The van der Waals surface area contributed by atoms with E-state index in [4.69, 9.17) is 0 Å². The van der Waals surface area contributed by atoms with Gasteiger partial charge < -0.3 is 16.0 Å². The van der Waals surface area contributed by atoms with Gasteiger partial charge in [-0.15, -0.1) is 12.4 Å². The van der Waals surface area contributed by atoms with E-state index in [0.717, 1.165) is 11.3 Å². The highest BCUT2D eigenvalue weighted by Gasteiger charge is 2.23. The van der Waals surface area contributed by atoms with Gasteiger partial charge in [-0.2, -0.15) is 0 Å². The van der Waals surface area contributed by atoms with Crippen LogP contribution in [-0.4, -0.2) is 24.4 Å². The Morgan fingerprint density at radius 1 is 1.08 bits per heavy atom. The van der Waals surface area contributed by atoms with Gasteiger partial charge >= 0.3 is 0 Å². The molecule has 132 valence electrons. The van der Waals surface area contributed by atoms with Crippen LogP contribution >= 0.6 is 12.4 Å². The van der Waals surface area contributed by atoms with Crippen LogP contribution in [0.1, 0.15) is 16.7 Å². The van der Waals surface area contributed by atoms with Gasteiger partial charge in [-0.1, -0.05) is 42.0 Å². The van der Waals surface area contributed by atoms with Crippen LogP contribution in [0.4, 0.5) is 5.69 Å². The maximum atomic E-state index is 12.3. The molecule has 0 saturated carbocycles. The number of fused-ring (bicyclic) bond motifs is 1. The fourth-order valence-corrected chi connectivity index (χ4v) is 2.77. The third kappa shape index (κ3) is 5.05. The largest absolute Gasteiger partial charge is 0.346 e. The minimum absolute atomic E-state index is 0. The lowest BCUT2D eigenvalue weighted by molar-refractivity contribution is -0.125. The summed E-state index contributed by atoms with van der Waals surface area (Å²) in [6.45, 7) is 2.62. The molecule has 25 heavy (non-hydrogen) atoms. The van der Waals surface area contributed by atoms with Crippen LogP contribution in [0.5, 0.6) is 0 Å². The van der Waals surface area contributed by atoms with Crippen LogP contribution in [0, 0.1) is 6.92 Å². The number of anilines is 1. The Morgan fingerprint density at radius 2 is 1.76 bits per heavy atom. The summed E-state index contributed by atoms with van der Waals surface area (Å²) < 4.78 is 0. The van der Waals surface area contributed by atoms with Crippen LogP contribution in [0.15, 0.2) is 48.5 Å². The first-order chi connectivity index (χ1) is 11.6. The number of halogens is 1. The summed E-state index contributed by atoms with van der Waals surface area (Å²) in [5, 5.41) is 8.68. The van der Waals surface area contributed by atoms with Gasteiger partial charge in [0.05, 0.1) is 12.6 Å². The van der Waals surface area contributed by atoms with Gasteiger partial charge in [-0.05, 0) is 36.6 Å². The topological polar surface area (TPSA) is 70.2 Å². The predicted molar refractivity (Wildman–Crippen MR) is 101 cm³/mol. The molecule has 0 radical (unpaired) electrons. The molecule has 0 aromatic heterocycles. The van der Waals surface area contributed by atoms with Gasteiger partial charge in [0.15, 0.2) is 0 Å². The molecule has 1 aliphatic heterocycles. The molecule has 1 heterocycles. The van der Waals surface area contributed by atoms with Crippen molar-refractivity contribution in [2.75, 3.05) is 11.9 Å². The molecule has 1 atom stereocenters. The van der Waals surface area contributed by atoms with Crippen molar-refractivity contribution in [3.8, 4) is 0 Å². The Labute approximate surface area is 153 Å². The third-order valence-corrected chi connectivity index (χ3v) is 4.16. The second-order valence-corrected chi connectivity index (χ2v) is 6.04. The first-order valence-electron chi connectivity index (χ1n) is 8.06. The number of benzene rings is 2. The monoisotopic (exact) mass is 359 g/mol. The van der Waals surface area contributed by atoms with Crippen molar-refractivity contribution < 1.29 is 9.59 Å². The molecule has 2 amide bonds. The van der Waals surface area contributed by atoms with Gasteiger partial charge in [0.2, 0.25) is 11.8 Å². The molecule has 0 fully saturated rings. The maximum absolute atomic E-state index is 12.3. The molecular formula is C19H22ClN3O2. The van der Waals surface area contributed by atoms with Crippen molar-refractivity contribution in [1.29, 1.82) is 0 Å². The second kappa shape index (κ2) is 8.65. The minimum Gasteiger partial charge on any atom is -0.346 e. The van der Waals surface area contributed by atoms with Crippen LogP contribution in [0.25, 0.3) is 0 Å². The number of amides is 2. The highest BCUT2D eigenvalue weighted by molar-refractivity contribution is 5.95. The lowest BCUT2D eigenvalue weighted by Crippen LogP contribution is -2.49. The lowest BCUT2D eigenvalue weighted by Gasteiger charge is -2.25. The van der Waals surface area contributed by atoms with E-state index in [1.807, 2.05) is 49.4 Å². The van der Waals surface area contributed by atoms with Crippen LogP contribution < -0.4 is 16.0 Å². The van der Waals surface area contributed by atoms with Gasteiger partial charge in [-0.25, -0.2) is 0 Å². The number of hydrogen-bond donors (Lipinski definition) is 3. The van der Waals surface area contributed by atoms with E-state index >= 15 is 0 Å². The molecule has 0 saturated heterocycles. The number of carbonyl (C=O) groups excluding carboxylic acids is 2. The zero-order chi connectivity index (χ0) is 16.9. The number of rotatable bonds is 4. The van der Waals surface area contributed by atoms with Gasteiger partial charge in [0.25, 0.3) is 0 Å². The van der Waals surface area contributed by atoms with Crippen LogP contribution in [-0.2, 0) is 22.6 Å². The van der Waals surface area contributed by atoms with Crippen molar-refractivity contribution in [2.24, 2.45) is 0 Å². The van der Waals surface area contributed by atoms with Crippen molar-refractivity contribution in [1.82, 2.24) is 10.6 Å². The first kappa shape index (κ1) is 19.0. The normalized spacial score (nSPS) is 15.5. The quantitative estimate of drug-likeness (QED) is 0.783. The summed E-state index contributed by atoms with van der Waals surface area (Å²) in [5.41, 5.74) is 4.26. The van der Waals surface area contributed by atoms with E-state index < -0.39 is 0 Å². The van der Waals surface area contributed by atoms with Crippen molar-refractivity contribution in [2.45, 2.75) is 25.9 Å². The molecule has 3 rings (SSSR count). The number of aryl methyl sites for hydroxylation is 1. The van der Waals surface area contributed by atoms with Crippen LogP contribution in [0.2, 0.25) is 0 Å². The highest BCUT2D eigenvalue weighted by Crippen LogP contribution is 2.16. The van der Waals surface area contributed by atoms with E-state index in [2.05, 4.69) is 22.0 Å². The zero-order valence-corrected chi connectivity index (χ0v) is 14.9. The molecular weight excluding hydrogens is 338 g/mol. The zero-order valence-electron chi connectivity index (χ0n) is 14.0. The summed E-state index contributed by atoms with van der Waals surface area (Å²) in [4.78, 5) is 24.2. The van der Waals surface area contributed by atoms with Gasteiger partial charge in [0, 0.05) is 12.2 Å². The summed E-state index contributed by atoms with van der Waals surface area (Å²) >= 11 is 0. The van der Waals surface area contributed by atoms with E-state index in [1.165, 1.54) is 11.1 Å². The van der Waals surface area contributed by atoms with E-state index in [-0.39, 0.29) is 36.8 Å². The number of carbonyl (C=O) groups is 2. The maximum Gasteiger partial charge on any atom is 0.243 e. The average Bonchev–Trinajstić information content (AvgIpc) is 2.61. The summed E-state index contributed by atoms with van der Waals surface area (Å²) in [6, 6.07) is 15.3.